The van der Waals surface area contributed by atoms with Crippen LogP contribution in [0.4, 0.5) is 8.78 Å². The first-order valence-corrected chi connectivity index (χ1v) is 10.2. The highest BCUT2D eigenvalue weighted by Crippen LogP contribution is 2.43. The number of aryl methyl sites for hydroxylation is 1. The maximum Gasteiger partial charge on any atom is 0.135 e. The number of hydrogen-bond acceptors (Lipinski definition) is 1. The fraction of sp³-hybridized carbons (Fsp3) is 0.304. The zero-order chi connectivity index (χ0) is 18.1. The van der Waals surface area contributed by atoms with Crippen molar-refractivity contribution in [2.75, 3.05) is 0 Å². The van der Waals surface area contributed by atoms with Crippen LogP contribution in [-0.2, 0) is 6.42 Å². The minimum atomic E-state index is -0.486. The molecule has 1 saturated carbocycles. The molecule has 0 aliphatic heterocycles. The summed E-state index contributed by atoms with van der Waals surface area (Å²) in [6.07, 6.45) is 5.74. The van der Waals surface area contributed by atoms with Gasteiger partial charge in [-0.1, -0.05) is 44.0 Å². The van der Waals surface area contributed by atoms with Crippen LogP contribution < -0.4 is 0 Å². The minimum Gasteiger partial charge on any atom is -0.206 e. The highest BCUT2D eigenvalue weighted by molar-refractivity contribution is 7.15. The summed E-state index contributed by atoms with van der Waals surface area (Å²) in [7, 11) is 0. The van der Waals surface area contributed by atoms with E-state index < -0.39 is 11.6 Å². The Morgan fingerprint density at radius 2 is 1.62 bits per heavy atom. The Balaban J connectivity index is 1.65. The van der Waals surface area contributed by atoms with Gasteiger partial charge in [0.1, 0.15) is 11.6 Å². The second-order valence-electron chi connectivity index (χ2n) is 7.09. The molecule has 0 N–H and O–H groups in total. The standard InChI is InChI=1S/C23H22F2S/c1-2-4-15-7-9-16(10-8-15)18-13-19(24)23(20(25)14-18)22-12-11-21(26-22)17-5-3-6-17/h7-14,17H,2-6H2,1H3. The number of thiophene rings is 1. The topological polar surface area (TPSA) is 0 Å². The molecule has 134 valence electrons. The lowest BCUT2D eigenvalue weighted by molar-refractivity contribution is 0.426. The molecule has 1 aliphatic rings. The van der Waals surface area contributed by atoms with Crippen LogP contribution in [0.2, 0.25) is 0 Å². The Hall–Kier alpha value is -2.00. The second-order valence-corrected chi connectivity index (χ2v) is 8.21. The molecule has 3 aromatic rings. The third-order valence-corrected chi connectivity index (χ3v) is 6.51. The Bertz CT molecular complexity index is 881. The molecule has 0 unspecified atom stereocenters. The zero-order valence-electron chi connectivity index (χ0n) is 14.9. The van der Waals surface area contributed by atoms with Gasteiger partial charge in [0.05, 0.1) is 5.56 Å². The lowest BCUT2D eigenvalue weighted by atomic mass is 9.84. The van der Waals surface area contributed by atoms with Crippen molar-refractivity contribution < 1.29 is 8.78 Å². The van der Waals surface area contributed by atoms with E-state index in [1.165, 1.54) is 53.2 Å². The van der Waals surface area contributed by atoms with Crippen molar-refractivity contribution >= 4 is 11.3 Å². The molecule has 0 amide bonds. The summed E-state index contributed by atoms with van der Waals surface area (Å²) >= 11 is 1.53. The Kier molecular flexibility index (Phi) is 4.90. The van der Waals surface area contributed by atoms with E-state index in [-0.39, 0.29) is 5.56 Å². The van der Waals surface area contributed by atoms with Crippen LogP contribution in [0, 0.1) is 11.6 Å². The van der Waals surface area contributed by atoms with Crippen LogP contribution in [0.25, 0.3) is 21.6 Å². The molecule has 3 heteroatoms. The fourth-order valence-corrected chi connectivity index (χ4v) is 4.75. The maximum absolute atomic E-state index is 14.8. The van der Waals surface area contributed by atoms with Gasteiger partial charge in [-0.25, -0.2) is 8.78 Å². The second kappa shape index (κ2) is 7.32. The molecule has 1 heterocycles. The molecule has 1 aromatic heterocycles. The first-order valence-electron chi connectivity index (χ1n) is 9.34. The number of hydrogen-bond donors (Lipinski definition) is 0. The Morgan fingerprint density at radius 1 is 0.923 bits per heavy atom. The predicted octanol–water partition coefficient (Wildman–Crippen LogP) is 7.58. The highest BCUT2D eigenvalue weighted by atomic mass is 32.1. The Labute approximate surface area is 157 Å². The number of halogens is 2. The van der Waals surface area contributed by atoms with Crippen LogP contribution in [-0.4, -0.2) is 0 Å². The van der Waals surface area contributed by atoms with Gasteiger partial charge in [0.2, 0.25) is 0 Å². The molecular weight excluding hydrogens is 346 g/mol. The molecule has 0 saturated heterocycles. The lowest BCUT2D eigenvalue weighted by Crippen LogP contribution is -2.06. The van der Waals surface area contributed by atoms with Gasteiger partial charge in [-0.05, 0) is 66.1 Å². The van der Waals surface area contributed by atoms with Crippen molar-refractivity contribution in [3.8, 4) is 21.6 Å². The molecule has 0 nitrogen and oxygen atoms in total. The van der Waals surface area contributed by atoms with Gasteiger partial charge >= 0.3 is 0 Å². The largest absolute Gasteiger partial charge is 0.206 e. The molecule has 0 bridgehead atoms. The van der Waals surface area contributed by atoms with Gasteiger partial charge in [-0.15, -0.1) is 11.3 Å². The van der Waals surface area contributed by atoms with Gasteiger partial charge in [-0.2, -0.15) is 0 Å². The van der Waals surface area contributed by atoms with E-state index in [1.54, 1.807) is 0 Å². The molecule has 0 atom stereocenters. The van der Waals surface area contributed by atoms with Crippen LogP contribution >= 0.6 is 11.3 Å². The smallest absolute Gasteiger partial charge is 0.135 e. The lowest BCUT2D eigenvalue weighted by Gasteiger charge is -2.23. The molecule has 0 radical (unpaired) electrons. The summed E-state index contributed by atoms with van der Waals surface area (Å²) < 4.78 is 29.5. The van der Waals surface area contributed by atoms with E-state index in [0.29, 0.717) is 16.4 Å². The molecule has 2 aromatic carbocycles. The highest BCUT2D eigenvalue weighted by Gasteiger charge is 2.23. The summed E-state index contributed by atoms with van der Waals surface area (Å²) in [4.78, 5) is 1.94. The van der Waals surface area contributed by atoms with Crippen molar-refractivity contribution in [2.24, 2.45) is 0 Å². The molecule has 4 rings (SSSR count). The van der Waals surface area contributed by atoms with Crippen LogP contribution in [0.1, 0.15) is 49.0 Å². The fourth-order valence-electron chi connectivity index (χ4n) is 3.53. The third kappa shape index (κ3) is 3.33. The van der Waals surface area contributed by atoms with Crippen molar-refractivity contribution in [3.05, 3.63) is 70.6 Å². The average molecular weight is 368 g/mol. The molecule has 0 spiro atoms. The van der Waals surface area contributed by atoms with Gasteiger partial charge in [0.15, 0.2) is 0 Å². The summed E-state index contributed by atoms with van der Waals surface area (Å²) in [6, 6.07) is 14.8. The van der Waals surface area contributed by atoms with Crippen LogP contribution in [0.15, 0.2) is 48.5 Å². The van der Waals surface area contributed by atoms with Crippen molar-refractivity contribution in [1.82, 2.24) is 0 Å². The first-order chi connectivity index (χ1) is 12.7. The summed E-state index contributed by atoms with van der Waals surface area (Å²) in [5, 5.41) is 0. The van der Waals surface area contributed by atoms with E-state index in [9.17, 15) is 8.78 Å². The van der Waals surface area contributed by atoms with Gasteiger partial charge in [0, 0.05) is 9.75 Å². The number of rotatable bonds is 5. The van der Waals surface area contributed by atoms with Gasteiger partial charge in [0.25, 0.3) is 0 Å². The van der Waals surface area contributed by atoms with Crippen molar-refractivity contribution in [1.29, 1.82) is 0 Å². The van der Waals surface area contributed by atoms with E-state index >= 15 is 0 Å². The minimum absolute atomic E-state index is 0.104. The van der Waals surface area contributed by atoms with Crippen LogP contribution in [0.5, 0.6) is 0 Å². The SMILES string of the molecule is CCCc1ccc(-c2cc(F)c(-c3ccc(C4CCC4)s3)c(F)c2)cc1. The molecule has 1 aliphatic carbocycles. The average Bonchev–Trinajstić information content (AvgIpc) is 3.02. The van der Waals surface area contributed by atoms with Gasteiger partial charge < -0.3 is 0 Å². The first kappa shape index (κ1) is 17.4. The van der Waals surface area contributed by atoms with Crippen molar-refractivity contribution in [2.45, 2.75) is 44.9 Å². The summed E-state index contributed by atoms with van der Waals surface area (Å²) in [5.74, 6) is -0.389. The normalized spacial score (nSPS) is 14.4. The third-order valence-electron chi connectivity index (χ3n) is 5.25. The maximum atomic E-state index is 14.8. The quantitative estimate of drug-likeness (QED) is 0.435. The van der Waals surface area contributed by atoms with Gasteiger partial charge in [-0.3, -0.25) is 0 Å². The summed E-state index contributed by atoms with van der Waals surface area (Å²) in [6.45, 7) is 2.14. The molecule has 1 fully saturated rings. The zero-order valence-corrected chi connectivity index (χ0v) is 15.7. The van der Waals surface area contributed by atoms with Crippen LogP contribution in [0.3, 0.4) is 0 Å². The van der Waals surface area contributed by atoms with E-state index in [4.69, 9.17) is 0 Å². The van der Waals surface area contributed by atoms with E-state index in [1.807, 2.05) is 36.4 Å². The van der Waals surface area contributed by atoms with E-state index in [2.05, 4.69) is 6.92 Å². The van der Waals surface area contributed by atoms with E-state index in [0.717, 1.165) is 18.4 Å². The predicted molar refractivity (Wildman–Crippen MR) is 106 cm³/mol. The van der Waals surface area contributed by atoms with Crippen molar-refractivity contribution in [3.63, 3.8) is 0 Å². The summed E-state index contributed by atoms with van der Waals surface area (Å²) in [5.41, 5.74) is 2.78. The monoisotopic (exact) mass is 368 g/mol. The Morgan fingerprint density at radius 3 is 2.19 bits per heavy atom. The molecular formula is C23H22F2S. The molecule has 26 heavy (non-hydrogen) atoms. The number of benzene rings is 2.